The van der Waals surface area contributed by atoms with Crippen LogP contribution in [0.1, 0.15) is 49.7 Å². The van der Waals surface area contributed by atoms with Crippen LogP contribution in [0.15, 0.2) is 0 Å². The SMILES string of the molecule is [2H]C([2H])(C(=O)OC)C1(CN)CCC(C)C(C)(C)C1C. The van der Waals surface area contributed by atoms with Gasteiger partial charge in [0.15, 0.2) is 0 Å². The van der Waals surface area contributed by atoms with Crippen LogP contribution in [0.3, 0.4) is 0 Å². The lowest BCUT2D eigenvalue weighted by Crippen LogP contribution is -2.51. The molecule has 0 spiro atoms. The first-order valence-corrected chi connectivity index (χ1v) is 6.36. The van der Waals surface area contributed by atoms with Crippen LogP contribution in [-0.2, 0) is 9.53 Å². The number of hydrogen-bond donors (Lipinski definition) is 1. The highest BCUT2D eigenvalue weighted by atomic mass is 16.5. The summed E-state index contributed by atoms with van der Waals surface area (Å²) in [6, 6.07) is 0. The Kier molecular flexibility index (Phi) is 3.37. The maximum atomic E-state index is 11.9. The van der Waals surface area contributed by atoms with Crippen molar-refractivity contribution in [2.75, 3.05) is 13.7 Å². The molecular formula is C14H27NO2. The molecular weight excluding hydrogens is 214 g/mol. The van der Waals surface area contributed by atoms with Crippen LogP contribution in [0.4, 0.5) is 0 Å². The summed E-state index contributed by atoms with van der Waals surface area (Å²) >= 11 is 0. The fourth-order valence-electron chi connectivity index (χ4n) is 2.96. The van der Waals surface area contributed by atoms with E-state index in [1.165, 1.54) is 7.11 Å². The van der Waals surface area contributed by atoms with Gasteiger partial charge in [-0.1, -0.05) is 27.7 Å². The number of rotatable bonds is 3. The van der Waals surface area contributed by atoms with E-state index in [1.807, 2.05) is 6.92 Å². The summed E-state index contributed by atoms with van der Waals surface area (Å²) < 4.78 is 21.2. The molecule has 0 radical (unpaired) electrons. The van der Waals surface area contributed by atoms with Crippen molar-refractivity contribution in [2.45, 2.75) is 46.9 Å². The smallest absolute Gasteiger partial charge is 0.306 e. The molecule has 1 saturated carbocycles. The van der Waals surface area contributed by atoms with Crippen LogP contribution in [-0.4, -0.2) is 19.6 Å². The van der Waals surface area contributed by atoms with E-state index in [-0.39, 0.29) is 17.9 Å². The predicted octanol–water partition coefficient (Wildman–Crippen LogP) is 2.59. The molecule has 1 aliphatic carbocycles. The highest BCUT2D eigenvalue weighted by molar-refractivity contribution is 5.70. The maximum Gasteiger partial charge on any atom is 0.306 e. The molecule has 0 aromatic heterocycles. The summed E-state index contributed by atoms with van der Waals surface area (Å²) in [6.07, 6.45) is -0.546. The maximum absolute atomic E-state index is 11.9. The van der Waals surface area contributed by atoms with Gasteiger partial charge in [-0.15, -0.1) is 0 Å². The number of esters is 1. The fraction of sp³-hybridized carbons (Fsp3) is 0.929. The third-order valence-corrected chi connectivity index (χ3v) is 5.14. The minimum atomic E-state index is -2.05. The van der Waals surface area contributed by atoms with Crippen molar-refractivity contribution in [2.24, 2.45) is 28.4 Å². The Morgan fingerprint density at radius 2 is 2.12 bits per heavy atom. The van der Waals surface area contributed by atoms with Crippen molar-refractivity contribution < 1.29 is 12.3 Å². The second-order valence-corrected chi connectivity index (χ2v) is 5.96. The average Bonchev–Trinajstić information content (AvgIpc) is 2.36. The first-order valence-electron chi connectivity index (χ1n) is 7.36. The fourth-order valence-corrected chi connectivity index (χ4v) is 2.96. The minimum Gasteiger partial charge on any atom is -0.469 e. The zero-order valence-electron chi connectivity index (χ0n) is 13.7. The molecule has 0 bridgehead atoms. The Balaban J connectivity index is 3.28. The van der Waals surface area contributed by atoms with Gasteiger partial charge in [0.05, 0.1) is 13.5 Å². The van der Waals surface area contributed by atoms with E-state index in [0.717, 1.165) is 6.42 Å². The molecule has 3 heteroatoms. The van der Waals surface area contributed by atoms with E-state index in [4.69, 9.17) is 8.48 Å². The summed E-state index contributed by atoms with van der Waals surface area (Å²) in [6.45, 7) is 8.64. The lowest BCUT2D eigenvalue weighted by molar-refractivity contribution is -0.147. The molecule has 0 amide bonds. The number of ether oxygens (including phenoxy) is 1. The zero-order chi connectivity index (χ0) is 15.1. The van der Waals surface area contributed by atoms with Gasteiger partial charge in [0, 0.05) is 2.74 Å². The van der Waals surface area contributed by atoms with Gasteiger partial charge >= 0.3 is 5.97 Å². The zero-order valence-corrected chi connectivity index (χ0v) is 11.7. The van der Waals surface area contributed by atoms with Crippen molar-refractivity contribution in [1.82, 2.24) is 0 Å². The molecule has 0 saturated heterocycles. The minimum absolute atomic E-state index is 0.00264. The highest BCUT2D eigenvalue weighted by Crippen LogP contribution is 2.54. The Hall–Kier alpha value is -0.570. The topological polar surface area (TPSA) is 52.3 Å². The van der Waals surface area contributed by atoms with E-state index in [0.29, 0.717) is 12.3 Å². The summed E-state index contributed by atoms with van der Waals surface area (Å²) in [5, 5.41) is 0. The molecule has 17 heavy (non-hydrogen) atoms. The van der Waals surface area contributed by atoms with Crippen LogP contribution in [0.5, 0.6) is 0 Å². The van der Waals surface area contributed by atoms with Crippen molar-refractivity contribution in [3.05, 3.63) is 0 Å². The van der Waals surface area contributed by atoms with Gasteiger partial charge in [0.1, 0.15) is 0 Å². The first-order chi connectivity index (χ1) is 8.57. The number of carbonyl (C=O) groups is 1. The Morgan fingerprint density at radius 3 is 2.59 bits per heavy atom. The third-order valence-electron chi connectivity index (χ3n) is 5.14. The largest absolute Gasteiger partial charge is 0.469 e. The number of methoxy groups -OCH3 is 1. The Bertz CT molecular complexity index is 357. The quantitative estimate of drug-likeness (QED) is 0.775. The van der Waals surface area contributed by atoms with Gasteiger partial charge in [-0.05, 0) is 42.1 Å². The van der Waals surface area contributed by atoms with Crippen molar-refractivity contribution in [1.29, 1.82) is 0 Å². The highest BCUT2D eigenvalue weighted by Gasteiger charge is 2.50. The molecule has 0 aromatic carbocycles. The van der Waals surface area contributed by atoms with E-state index in [9.17, 15) is 4.79 Å². The van der Waals surface area contributed by atoms with Gasteiger partial charge in [-0.3, -0.25) is 4.79 Å². The average molecular weight is 243 g/mol. The predicted molar refractivity (Wildman–Crippen MR) is 69.5 cm³/mol. The molecule has 3 atom stereocenters. The lowest BCUT2D eigenvalue weighted by atomic mass is 9.52. The normalized spacial score (nSPS) is 39.2. The van der Waals surface area contributed by atoms with Crippen LogP contribution in [0.25, 0.3) is 0 Å². The summed E-state index contributed by atoms with van der Waals surface area (Å²) in [4.78, 5) is 11.9. The standard InChI is InChI=1S/C14H27NO2/c1-10-6-7-14(9-15,8-12(16)17-5)11(2)13(10,3)4/h10-11H,6-9,15H2,1-5H3/i8D2. The number of carbonyl (C=O) groups excluding carboxylic acids is 1. The number of nitrogens with two attached hydrogens (primary N) is 1. The molecule has 3 nitrogen and oxygen atoms in total. The Morgan fingerprint density at radius 1 is 1.53 bits per heavy atom. The monoisotopic (exact) mass is 243 g/mol. The van der Waals surface area contributed by atoms with Crippen LogP contribution in [0.2, 0.25) is 0 Å². The summed E-state index contributed by atoms with van der Waals surface area (Å²) in [5.41, 5.74) is 5.02. The van der Waals surface area contributed by atoms with Crippen LogP contribution >= 0.6 is 0 Å². The molecule has 1 rings (SSSR count). The van der Waals surface area contributed by atoms with E-state index < -0.39 is 17.8 Å². The molecule has 3 unspecified atom stereocenters. The van der Waals surface area contributed by atoms with Crippen LogP contribution < -0.4 is 5.73 Å². The van der Waals surface area contributed by atoms with Crippen LogP contribution in [0, 0.1) is 22.7 Å². The molecule has 2 N–H and O–H groups in total. The second-order valence-electron chi connectivity index (χ2n) is 5.96. The van der Waals surface area contributed by atoms with Gasteiger partial charge < -0.3 is 10.5 Å². The van der Waals surface area contributed by atoms with Crippen molar-refractivity contribution in [3.63, 3.8) is 0 Å². The second kappa shape index (κ2) is 4.97. The molecule has 0 heterocycles. The van der Waals surface area contributed by atoms with Crippen molar-refractivity contribution >= 4 is 5.97 Å². The van der Waals surface area contributed by atoms with E-state index in [1.54, 1.807) is 0 Å². The molecule has 0 aromatic rings. The van der Waals surface area contributed by atoms with Gasteiger partial charge in [0.25, 0.3) is 0 Å². The molecule has 1 aliphatic rings. The summed E-state index contributed by atoms with van der Waals surface area (Å²) in [5.74, 6) is -0.325. The molecule has 100 valence electrons. The number of hydrogen-bond acceptors (Lipinski definition) is 3. The molecule has 0 aliphatic heterocycles. The van der Waals surface area contributed by atoms with Gasteiger partial charge in [-0.2, -0.15) is 0 Å². The Labute approximate surface area is 108 Å². The van der Waals surface area contributed by atoms with E-state index in [2.05, 4.69) is 25.5 Å². The lowest BCUT2D eigenvalue weighted by Gasteiger charge is -2.53. The van der Waals surface area contributed by atoms with Gasteiger partial charge in [-0.25, -0.2) is 0 Å². The van der Waals surface area contributed by atoms with Gasteiger partial charge in [0.2, 0.25) is 0 Å². The van der Waals surface area contributed by atoms with Crippen molar-refractivity contribution in [3.8, 4) is 0 Å². The molecule has 1 fully saturated rings. The third kappa shape index (κ3) is 2.49. The first kappa shape index (κ1) is 11.5. The summed E-state index contributed by atoms with van der Waals surface area (Å²) in [7, 11) is 1.23. The van der Waals surface area contributed by atoms with E-state index >= 15 is 0 Å².